The smallest absolute Gasteiger partial charge is 0.232 e. The van der Waals surface area contributed by atoms with Crippen molar-refractivity contribution >= 4 is 29.9 Å². The molecule has 2 aromatic carbocycles. The van der Waals surface area contributed by atoms with Gasteiger partial charge in [-0.15, -0.1) is 24.0 Å². The van der Waals surface area contributed by atoms with Gasteiger partial charge in [0.05, 0.1) is 0 Å². The van der Waals surface area contributed by atoms with Crippen LogP contribution in [0.3, 0.4) is 0 Å². The van der Waals surface area contributed by atoms with E-state index >= 15 is 0 Å². The van der Waals surface area contributed by atoms with Crippen molar-refractivity contribution in [2.24, 2.45) is 17.1 Å². The highest BCUT2D eigenvalue weighted by atomic mass is 127. The van der Waals surface area contributed by atoms with Crippen LogP contribution < -0.4 is 11.1 Å². The molecular formula is C24H31IN2O. The minimum absolute atomic E-state index is 0. The number of primary amides is 1. The summed E-state index contributed by atoms with van der Waals surface area (Å²) in [5.41, 5.74) is 7.64. The Hall–Kier alpha value is -1.40. The van der Waals surface area contributed by atoms with Crippen molar-refractivity contribution < 1.29 is 4.79 Å². The zero-order valence-corrected chi connectivity index (χ0v) is 19.1. The highest BCUT2D eigenvalue weighted by molar-refractivity contribution is 14.0. The summed E-state index contributed by atoms with van der Waals surface area (Å²) in [5.74, 6) is 0.449. The molecule has 1 saturated carbocycles. The molecule has 3 atom stereocenters. The van der Waals surface area contributed by atoms with Crippen molar-refractivity contribution in [1.29, 1.82) is 0 Å². The molecule has 0 aromatic heterocycles. The summed E-state index contributed by atoms with van der Waals surface area (Å²) in [6.45, 7) is 4.77. The Morgan fingerprint density at radius 2 is 1.57 bits per heavy atom. The lowest BCUT2D eigenvalue weighted by molar-refractivity contribution is -0.122. The van der Waals surface area contributed by atoms with Crippen LogP contribution in [0.4, 0.5) is 0 Å². The van der Waals surface area contributed by atoms with Crippen LogP contribution in [0.25, 0.3) is 0 Å². The number of piperidine rings is 1. The summed E-state index contributed by atoms with van der Waals surface area (Å²) in [4.78, 5) is 13.0. The number of hydrogen-bond donors (Lipinski definition) is 2. The molecule has 1 amide bonds. The van der Waals surface area contributed by atoms with E-state index in [4.69, 9.17) is 5.73 Å². The van der Waals surface area contributed by atoms with E-state index in [1.165, 1.54) is 12.8 Å². The second kappa shape index (κ2) is 8.15. The highest BCUT2D eigenvalue weighted by Gasteiger charge is 2.51. The second-order valence-electron chi connectivity index (χ2n) is 8.95. The number of nitrogens with two attached hydrogens (primary N) is 1. The molecule has 28 heavy (non-hydrogen) atoms. The maximum atomic E-state index is 13.0. The molecule has 2 bridgehead atoms. The van der Waals surface area contributed by atoms with E-state index < -0.39 is 5.41 Å². The Kier molecular flexibility index (Phi) is 6.20. The minimum atomic E-state index is -0.804. The molecule has 0 radical (unpaired) electrons. The Labute approximate surface area is 185 Å². The van der Waals surface area contributed by atoms with Gasteiger partial charge in [0.2, 0.25) is 5.91 Å². The molecule has 4 rings (SSSR count). The number of hydrogen-bond acceptors (Lipinski definition) is 2. The van der Waals surface area contributed by atoms with Gasteiger partial charge in [-0.25, -0.2) is 0 Å². The number of fused-ring (bicyclic) bond motifs is 2. The molecule has 1 heterocycles. The molecule has 1 aliphatic carbocycles. The second-order valence-corrected chi connectivity index (χ2v) is 8.95. The first-order chi connectivity index (χ1) is 12.9. The van der Waals surface area contributed by atoms with E-state index in [-0.39, 0.29) is 29.9 Å². The van der Waals surface area contributed by atoms with E-state index in [2.05, 4.69) is 19.2 Å². The van der Waals surface area contributed by atoms with Gasteiger partial charge >= 0.3 is 0 Å². The average Bonchev–Trinajstić information content (AvgIpc) is 2.85. The predicted molar refractivity (Wildman–Crippen MR) is 125 cm³/mol. The molecule has 3 nitrogen and oxygen atoms in total. The number of rotatable bonds is 5. The van der Waals surface area contributed by atoms with Crippen LogP contribution in [0.15, 0.2) is 60.7 Å². The highest BCUT2D eigenvalue weighted by Crippen LogP contribution is 2.50. The zero-order chi connectivity index (χ0) is 19.1. The monoisotopic (exact) mass is 490 g/mol. The fraction of sp³-hybridized carbons (Fsp3) is 0.458. The van der Waals surface area contributed by atoms with Crippen molar-refractivity contribution in [1.82, 2.24) is 5.32 Å². The van der Waals surface area contributed by atoms with E-state index in [0.29, 0.717) is 29.8 Å². The van der Waals surface area contributed by atoms with Gasteiger partial charge in [-0.05, 0) is 48.1 Å². The maximum absolute atomic E-state index is 13.0. The van der Waals surface area contributed by atoms with Gasteiger partial charge in [0.25, 0.3) is 0 Å². The summed E-state index contributed by atoms with van der Waals surface area (Å²) in [6, 6.07) is 20.9. The number of carbonyl (C=O) groups excluding carboxylic acids is 1. The van der Waals surface area contributed by atoms with Crippen LogP contribution in [0.1, 0.15) is 50.7 Å². The topological polar surface area (TPSA) is 55.1 Å². The Bertz CT molecular complexity index is 750. The fourth-order valence-electron chi connectivity index (χ4n) is 5.56. The molecule has 4 heteroatoms. The lowest BCUT2D eigenvalue weighted by Gasteiger charge is -2.45. The molecule has 2 fully saturated rings. The normalized spacial score (nSPS) is 25.7. The van der Waals surface area contributed by atoms with Crippen molar-refractivity contribution in [2.75, 3.05) is 0 Å². The third kappa shape index (κ3) is 3.50. The van der Waals surface area contributed by atoms with E-state index in [0.717, 1.165) is 17.5 Å². The Morgan fingerprint density at radius 3 is 2.04 bits per heavy atom. The molecular weight excluding hydrogens is 459 g/mol. The van der Waals surface area contributed by atoms with Gasteiger partial charge in [-0.1, -0.05) is 74.5 Å². The third-order valence-corrected chi connectivity index (χ3v) is 7.27. The van der Waals surface area contributed by atoms with Crippen molar-refractivity contribution in [3.63, 3.8) is 0 Å². The SMILES string of the molecule is CC1(C)C2CCC1NC(CC(C(N)=O)(c1ccccc1)c1ccccc1)C2.I. The van der Waals surface area contributed by atoms with Crippen LogP contribution >= 0.6 is 24.0 Å². The molecule has 2 aromatic rings. The Balaban J connectivity index is 0.00000225. The van der Waals surface area contributed by atoms with Gasteiger partial charge in [0.1, 0.15) is 5.41 Å². The zero-order valence-electron chi connectivity index (χ0n) is 16.7. The predicted octanol–water partition coefficient (Wildman–Crippen LogP) is 4.63. The molecule has 150 valence electrons. The largest absolute Gasteiger partial charge is 0.369 e. The van der Waals surface area contributed by atoms with Crippen LogP contribution in [-0.2, 0) is 10.2 Å². The number of carbonyl (C=O) groups is 1. The van der Waals surface area contributed by atoms with E-state index in [1.54, 1.807) is 0 Å². The van der Waals surface area contributed by atoms with Gasteiger partial charge in [-0.3, -0.25) is 4.79 Å². The fourth-order valence-corrected chi connectivity index (χ4v) is 5.56. The lowest BCUT2D eigenvalue weighted by atomic mass is 9.66. The molecule has 3 unspecified atom stereocenters. The average molecular weight is 490 g/mol. The Morgan fingerprint density at radius 1 is 1.04 bits per heavy atom. The van der Waals surface area contributed by atoms with Crippen LogP contribution in [0, 0.1) is 11.3 Å². The number of nitrogens with one attached hydrogen (secondary N) is 1. The summed E-state index contributed by atoms with van der Waals surface area (Å²) in [5, 5.41) is 3.88. The summed E-state index contributed by atoms with van der Waals surface area (Å²) in [6.07, 6.45) is 4.33. The minimum Gasteiger partial charge on any atom is -0.369 e. The first-order valence-corrected chi connectivity index (χ1v) is 10.1. The summed E-state index contributed by atoms with van der Waals surface area (Å²) in [7, 11) is 0. The first-order valence-electron chi connectivity index (χ1n) is 10.1. The quantitative estimate of drug-likeness (QED) is 0.601. The number of halogens is 1. The first kappa shape index (κ1) is 21.3. The number of amides is 1. The maximum Gasteiger partial charge on any atom is 0.232 e. The van der Waals surface area contributed by atoms with Crippen LogP contribution in [0.5, 0.6) is 0 Å². The van der Waals surface area contributed by atoms with Gasteiger partial charge < -0.3 is 11.1 Å². The molecule has 0 spiro atoms. The summed E-state index contributed by atoms with van der Waals surface area (Å²) < 4.78 is 0. The molecule has 1 saturated heterocycles. The third-order valence-electron chi connectivity index (χ3n) is 7.27. The molecule has 1 aliphatic heterocycles. The van der Waals surface area contributed by atoms with Crippen LogP contribution in [0.2, 0.25) is 0 Å². The van der Waals surface area contributed by atoms with E-state index in [9.17, 15) is 4.79 Å². The standard InChI is InChI=1S/C24H30N2O.HI/c1-23(2)19-13-14-21(23)26-20(15-19)16-24(22(25)27,17-9-5-3-6-10-17)18-11-7-4-8-12-18;/h3-12,19-21,26H,13-16H2,1-2H3,(H2,25,27);1H. The van der Waals surface area contributed by atoms with Crippen LogP contribution in [-0.4, -0.2) is 18.0 Å². The summed E-state index contributed by atoms with van der Waals surface area (Å²) >= 11 is 0. The van der Waals surface area contributed by atoms with Crippen molar-refractivity contribution in [2.45, 2.75) is 57.0 Å². The van der Waals surface area contributed by atoms with Gasteiger partial charge in [-0.2, -0.15) is 0 Å². The molecule has 2 aliphatic rings. The van der Waals surface area contributed by atoms with Gasteiger partial charge in [0.15, 0.2) is 0 Å². The van der Waals surface area contributed by atoms with Crippen molar-refractivity contribution in [3.05, 3.63) is 71.8 Å². The van der Waals surface area contributed by atoms with Crippen molar-refractivity contribution in [3.8, 4) is 0 Å². The molecule has 3 N–H and O–H groups in total. The van der Waals surface area contributed by atoms with Gasteiger partial charge in [0, 0.05) is 12.1 Å². The van der Waals surface area contributed by atoms with E-state index in [1.807, 2.05) is 60.7 Å². The lowest BCUT2D eigenvalue weighted by Crippen LogP contribution is -2.55. The number of benzene rings is 2.